The summed E-state index contributed by atoms with van der Waals surface area (Å²) in [6.45, 7) is 2.28. The molecule has 1 atom stereocenters. The Morgan fingerprint density at radius 2 is 2.08 bits per heavy atom. The number of hydrogen-bond donors (Lipinski definition) is 2. The van der Waals surface area contributed by atoms with E-state index in [9.17, 15) is 4.79 Å². The second-order valence-electron chi connectivity index (χ2n) is 5.12. The first-order valence-electron chi connectivity index (χ1n) is 7.38. The molecule has 124 valence electrons. The fourth-order valence-electron chi connectivity index (χ4n) is 2.07. The molecule has 0 saturated carbocycles. The van der Waals surface area contributed by atoms with Crippen molar-refractivity contribution in [2.75, 3.05) is 5.84 Å². The topological polar surface area (TPSA) is 99.0 Å². The van der Waals surface area contributed by atoms with Crippen LogP contribution >= 0.6 is 11.8 Å². The summed E-state index contributed by atoms with van der Waals surface area (Å²) in [5, 5.41) is 11.0. The zero-order valence-electron chi connectivity index (χ0n) is 13.0. The number of carbonyl (C=O) groups excluding carboxylic acids is 1. The number of nitrogens with zero attached hydrogens (tertiary/aromatic N) is 3. The summed E-state index contributed by atoms with van der Waals surface area (Å²) in [5.41, 5.74) is 1.05. The molecule has 2 heterocycles. The van der Waals surface area contributed by atoms with Crippen molar-refractivity contribution in [2.45, 2.75) is 23.9 Å². The van der Waals surface area contributed by atoms with E-state index in [1.54, 1.807) is 19.1 Å². The van der Waals surface area contributed by atoms with Gasteiger partial charge in [-0.05, 0) is 24.6 Å². The molecule has 7 nitrogen and oxygen atoms in total. The van der Waals surface area contributed by atoms with E-state index in [4.69, 9.17) is 10.3 Å². The number of furan rings is 1. The van der Waals surface area contributed by atoms with Crippen LogP contribution in [0.1, 0.15) is 12.5 Å². The van der Waals surface area contributed by atoms with E-state index >= 15 is 0 Å². The zero-order valence-corrected chi connectivity index (χ0v) is 13.9. The molecule has 0 aliphatic rings. The molecule has 0 spiro atoms. The second kappa shape index (κ2) is 7.22. The molecular formula is C16H17N5O2S. The van der Waals surface area contributed by atoms with Gasteiger partial charge in [0.15, 0.2) is 5.76 Å². The van der Waals surface area contributed by atoms with Crippen molar-refractivity contribution in [3.63, 3.8) is 0 Å². The van der Waals surface area contributed by atoms with Crippen LogP contribution in [-0.4, -0.2) is 26.0 Å². The van der Waals surface area contributed by atoms with E-state index in [0.717, 1.165) is 5.56 Å². The predicted octanol–water partition coefficient (Wildman–Crippen LogP) is 2.05. The van der Waals surface area contributed by atoms with Crippen LogP contribution in [0.3, 0.4) is 0 Å². The molecule has 3 N–H and O–H groups in total. The highest BCUT2D eigenvalue weighted by Gasteiger charge is 2.20. The lowest BCUT2D eigenvalue weighted by Crippen LogP contribution is -2.30. The van der Waals surface area contributed by atoms with Gasteiger partial charge in [0.2, 0.25) is 16.9 Å². The number of nitrogens with two attached hydrogens (primary N) is 1. The van der Waals surface area contributed by atoms with Crippen molar-refractivity contribution >= 4 is 17.7 Å². The molecule has 0 aliphatic heterocycles. The molecule has 1 aromatic carbocycles. The van der Waals surface area contributed by atoms with E-state index in [1.807, 2.05) is 30.3 Å². The van der Waals surface area contributed by atoms with Gasteiger partial charge in [-0.25, -0.2) is 4.68 Å². The normalized spacial score (nSPS) is 12.0. The van der Waals surface area contributed by atoms with Crippen LogP contribution < -0.4 is 11.2 Å². The largest absolute Gasteiger partial charge is 0.461 e. The molecule has 0 aliphatic carbocycles. The molecule has 0 radical (unpaired) electrons. The van der Waals surface area contributed by atoms with Gasteiger partial charge in [-0.15, -0.1) is 10.2 Å². The van der Waals surface area contributed by atoms with Crippen LogP contribution in [-0.2, 0) is 11.3 Å². The Kier molecular flexibility index (Phi) is 4.85. The fraction of sp³-hybridized carbons (Fsp3) is 0.188. The van der Waals surface area contributed by atoms with Crippen LogP contribution in [0.2, 0.25) is 0 Å². The van der Waals surface area contributed by atoms with E-state index in [2.05, 4.69) is 15.5 Å². The summed E-state index contributed by atoms with van der Waals surface area (Å²) < 4.78 is 6.59. The lowest BCUT2D eigenvalue weighted by atomic mass is 10.2. The Morgan fingerprint density at radius 1 is 1.29 bits per heavy atom. The average Bonchev–Trinajstić information content (AvgIpc) is 3.24. The third-order valence-electron chi connectivity index (χ3n) is 3.37. The summed E-state index contributed by atoms with van der Waals surface area (Å²) >= 11 is 1.24. The quantitative estimate of drug-likeness (QED) is 0.525. The van der Waals surface area contributed by atoms with E-state index in [1.165, 1.54) is 22.7 Å². The van der Waals surface area contributed by atoms with Crippen molar-refractivity contribution in [1.29, 1.82) is 0 Å². The van der Waals surface area contributed by atoms with Gasteiger partial charge in [0, 0.05) is 6.54 Å². The summed E-state index contributed by atoms with van der Waals surface area (Å²) in [6, 6.07) is 13.2. The summed E-state index contributed by atoms with van der Waals surface area (Å²) in [5.74, 6) is 6.84. The second-order valence-corrected chi connectivity index (χ2v) is 6.42. The summed E-state index contributed by atoms with van der Waals surface area (Å²) in [6.07, 6.45) is 1.54. The maximum atomic E-state index is 12.2. The van der Waals surface area contributed by atoms with Gasteiger partial charge in [0.25, 0.3) is 0 Å². The minimum Gasteiger partial charge on any atom is -0.461 e. The zero-order chi connectivity index (χ0) is 16.9. The molecule has 3 rings (SSSR count). The first-order chi connectivity index (χ1) is 11.6. The van der Waals surface area contributed by atoms with Gasteiger partial charge >= 0.3 is 0 Å². The number of hydrogen-bond acceptors (Lipinski definition) is 6. The van der Waals surface area contributed by atoms with E-state index in [0.29, 0.717) is 23.3 Å². The summed E-state index contributed by atoms with van der Waals surface area (Å²) in [4.78, 5) is 12.2. The number of amides is 1. The molecule has 2 aromatic heterocycles. The van der Waals surface area contributed by atoms with Crippen LogP contribution in [0.5, 0.6) is 0 Å². The number of rotatable bonds is 6. The minimum absolute atomic E-state index is 0.0913. The van der Waals surface area contributed by atoms with Crippen molar-refractivity contribution < 1.29 is 9.21 Å². The molecule has 0 bridgehead atoms. The van der Waals surface area contributed by atoms with Crippen molar-refractivity contribution in [3.8, 4) is 11.6 Å². The maximum absolute atomic E-state index is 12.2. The van der Waals surface area contributed by atoms with E-state index in [-0.39, 0.29) is 11.2 Å². The van der Waals surface area contributed by atoms with Crippen LogP contribution in [0.4, 0.5) is 0 Å². The highest BCUT2D eigenvalue weighted by molar-refractivity contribution is 8.00. The van der Waals surface area contributed by atoms with Crippen LogP contribution in [0.25, 0.3) is 11.6 Å². The van der Waals surface area contributed by atoms with Gasteiger partial charge in [-0.1, -0.05) is 42.1 Å². The van der Waals surface area contributed by atoms with Crippen LogP contribution in [0, 0.1) is 0 Å². The molecule has 1 unspecified atom stereocenters. The minimum atomic E-state index is -0.357. The Labute approximate surface area is 143 Å². The number of nitrogens with one attached hydrogen (secondary N) is 1. The molecule has 1 amide bonds. The number of carbonyl (C=O) groups is 1. The fourth-order valence-corrected chi connectivity index (χ4v) is 2.87. The van der Waals surface area contributed by atoms with Gasteiger partial charge in [-0.3, -0.25) is 4.79 Å². The van der Waals surface area contributed by atoms with Gasteiger partial charge in [-0.2, -0.15) is 0 Å². The monoisotopic (exact) mass is 343 g/mol. The molecule has 3 aromatic rings. The lowest BCUT2D eigenvalue weighted by molar-refractivity contribution is -0.120. The number of benzene rings is 1. The highest BCUT2D eigenvalue weighted by atomic mass is 32.2. The van der Waals surface area contributed by atoms with Crippen LogP contribution in [0.15, 0.2) is 58.3 Å². The Bertz CT molecular complexity index is 801. The first kappa shape index (κ1) is 16.1. The Morgan fingerprint density at radius 3 is 2.79 bits per heavy atom. The lowest BCUT2D eigenvalue weighted by Gasteiger charge is -2.11. The standard InChI is InChI=1S/C16H17N5O2S/c1-11(15(22)18-10-12-6-3-2-4-7-12)24-16-20-19-14(21(16)17)13-8-5-9-23-13/h2-9,11H,10,17H2,1H3,(H,18,22). The third kappa shape index (κ3) is 3.60. The first-order valence-corrected chi connectivity index (χ1v) is 8.26. The SMILES string of the molecule is CC(Sc1nnc(-c2ccco2)n1N)C(=O)NCc1ccccc1. The van der Waals surface area contributed by atoms with Crippen molar-refractivity contribution in [2.24, 2.45) is 0 Å². The van der Waals surface area contributed by atoms with E-state index < -0.39 is 0 Å². The average molecular weight is 343 g/mol. The van der Waals surface area contributed by atoms with Gasteiger partial charge < -0.3 is 15.6 Å². The van der Waals surface area contributed by atoms with Crippen molar-refractivity contribution in [1.82, 2.24) is 20.2 Å². The highest BCUT2D eigenvalue weighted by Crippen LogP contribution is 2.24. The summed E-state index contributed by atoms with van der Waals surface area (Å²) in [7, 11) is 0. The Balaban J connectivity index is 1.60. The third-order valence-corrected chi connectivity index (χ3v) is 4.42. The number of thioether (sulfide) groups is 1. The smallest absolute Gasteiger partial charge is 0.233 e. The van der Waals surface area contributed by atoms with Gasteiger partial charge in [0.05, 0.1) is 11.5 Å². The number of nitrogen functional groups attached to an aromatic ring is 1. The number of aromatic nitrogens is 3. The molecule has 8 heteroatoms. The molecule has 0 fully saturated rings. The molecule has 0 saturated heterocycles. The Hall–Kier alpha value is -2.74. The van der Waals surface area contributed by atoms with Gasteiger partial charge in [0.1, 0.15) is 0 Å². The molecule has 24 heavy (non-hydrogen) atoms. The predicted molar refractivity (Wildman–Crippen MR) is 91.5 cm³/mol. The van der Waals surface area contributed by atoms with Crippen molar-refractivity contribution in [3.05, 3.63) is 54.3 Å². The maximum Gasteiger partial charge on any atom is 0.233 e. The molecular weight excluding hydrogens is 326 g/mol.